The summed E-state index contributed by atoms with van der Waals surface area (Å²) in [6.07, 6.45) is 1.47. The molecule has 2 unspecified atom stereocenters. The Kier molecular flexibility index (Phi) is 5.91. The van der Waals surface area contributed by atoms with Gasteiger partial charge in [-0.3, -0.25) is 4.79 Å². The Morgan fingerprint density at radius 2 is 2.22 bits per heavy atom. The topological polar surface area (TPSA) is 78.9 Å². The first kappa shape index (κ1) is 14.8. The largest absolute Gasteiger partial charge is 0.481 e. The lowest BCUT2D eigenvalue weighted by Gasteiger charge is -2.32. The van der Waals surface area contributed by atoms with Crippen molar-refractivity contribution in [3.63, 3.8) is 0 Å². The number of morpholine rings is 1. The molecule has 0 aromatic carbocycles. The summed E-state index contributed by atoms with van der Waals surface area (Å²) in [6, 6.07) is -0.198. The highest BCUT2D eigenvalue weighted by Crippen LogP contribution is 2.08. The molecule has 0 bridgehead atoms. The number of amides is 2. The van der Waals surface area contributed by atoms with Gasteiger partial charge in [-0.15, -0.1) is 0 Å². The van der Waals surface area contributed by atoms with Crippen molar-refractivity contribution < 1.29 is 19.4 Å². The van der Waals surface area contributed by atoms with E-state index in [1.165, 1.54) is 0 Å². The molecule has 1 heterocycles. The maximum Gasteiger partial charge on any atom is 0.317 e. The van der Waals surface area contributed by atoms with E-state index in [9.17, 15) is 9.59 Å². The highest BCUT2D eigenvalue weighted by Gasteiger charge is 2.24. The second-order valence-corrected chi connectivity index (χ2v) is 4.48. The zero-order chi connectivity index (χ0) is 13.5. The third-order valence-electron chi connectivity index (χ3n) is 3.22. The summed E-state index contributed by atoms with van der Waals surface area (Å²) in [5.41, 5.74) is 0. The Bertz CT molecular complexity index is 296. The van der Waals surface area contributed by atoms with Crippen LogP contribution in [0.4, 0.5) is 4.79 Å². The number of rotatable bonds is 5. The van der Waals surface area contributed by atoms with E-state index in [4.69, 9.17) is 9.84 Å². The number of urea groups is 1. The van der Waals surface area contributed by atoms with Crippen LogP contribution in [-0.2, 0) is 9.53 Å². The third kappa shape index (κ3) is 4.18. The van der Waals surface area contributed by atoms with Crippen LogP contribution in [0, 0.1) is 5.92 Å². The van der Waals surface area contributed by atoms with Crippen molar-refractivity contribution in [1.82, 2.24) is 10.2 Å². The monoisotopic (exact) mass is 258 g/mol. The van der Waals surface area contributed by atoms with Gasteiger partial charge in [-0.1, -0.05) is 13.8 Å². The standard InChI is InChI=1S/C12H22N2O4/c1-3-9(11(15)16)7-13-12(17)14-5-6-18-10(4-2)8-14/h9-10H,3-8H2,1-2H3,(H,13,17)(H,15,16). The van der Waals surface area contributed by atoms with E-state index < -0.39 is 11.9 Å². The lowest BCUT2D eigenvalue weighted by atomic mass is 10.1. The molecule has 1 aliphatic heterocycles. The van der Waals surface area contributed by atoms with Crippen molar-refractivity contribution in [3.05, 3.63) is 0 Å². The molecule has 0 saturated carbocycles. The van der Waals surface area contributed by atoms with Crippen LogP contribution in [0.3, 0.4) is 0 Å². The molecular weight excluding hydrogens is 236 g/mol. The van der Waals surface area contributed by atoms with Crippen LogP contribution in [0.25, 0.3) is 0 Å². The molecule has 104 valence electrons. The van der Waals surface area contributed by atoms with Gasteiger partial charge >= 0.3 is 12.0 Å². The second-order valence-electron chi connectivity index (χ2n) is 4.48. The van der Waals surface area contributed by atoms with Crippen LogP contribution in [0.15, 0.2) is 0 Å². The highest BCUT2D eigenvalue weighted by molar-refractivity contribution is 5.76. The SMILES string of the molecule is CCC1CN(C(=O)NCC(CC)C(=O)O)CCO1. The molecule has 0 spiro atoms. The zero-order valence-corrected chi connectivity index (χ0v) is 11.0. The van der Waals surface area contributed by atoms with Gasteiger partial charge in [0, 0.05) is 19.6 Å². The summed E-state index contributed by atoms with van der Waals surface area (Å²) in [5.74, 6) is -1.39. The molecule has 0 aromatic rings. The second kappa shape index (κ2) is 7.20. The Balaban J connectivity index is 2.38. The molecule has 1 aliphatic rings. The average molecular weight is 258 g/mol. The molecule has 2 N–H and O–H groups in total. The summed E-state index contributed by atoms with van der Waals surface area (Å²) in [7, 11) is 0. The molecular formula is C12H22N2O4. The number of hydrogen-bond donors (Lipinski definition) is 2. The molecule has 1 saturated heterocycles. The number of carbonyl (C=O) groups is 2. The summed E-state index contributed by atoms with van der Waals surface area (Å²) in [4.78, 5) is 24.4. The summed E-state index contributed by atoms with van der Waals surface area (Å²) in [5, 5.41) is 11.6. The van der Waals surface area contributed by atoms with Crippen molar-refractivity contribution in [2.75, 3.05) is 26.2 Å². The maximum absolute atomic E-state index is 11.9. The minimum absolute atomic E-state index is 0.0888. The van der Waals surface area contributed by atoms with Crippen molar-refractivity contribution in [3.8, 4) is 0 Å². The van der Waals surface area contributed by atoms with Crippen LogP contribution >= 0.6 is 0 Å². The minimum Gasteiger partial charge on any atom is -0.481 e. The van der Waals surface area contributed by atoms with E-state index >= 15 is 0 Å². The fraction of sp³-hybridized carbons (Fsp3) is 0.833. The van der Waals surface area contributed by atoms with Crippen LogP contribution in [0.5, 0.6) is 0 Å². The summed E-state index contributed by atoms with van der Waals surface area (Å²) < 4.78 is 5.48. The molecule has 1 rings (SSSR count). The summed E-state index contributed by atoms with van der Waals surface area (Å²) in [6.45, 7) is 5.68. The highest BCUT2D eigenvalue weighted by atomic mass is 16.5. The molecule has 2 amide bonds. The van der Waals surface area contributed by atoms with Crippen molar-refractivity contribution in [1.29, 1.82) is 0 Å². The zero-order valence-electron chi connectivity index (χ0n) is 11.0. The lowest BCUT2D eigenvalue weighted by molar-refractivity contribution is -0.141. The Hall–Kier alpha value is -1.30. The van der Waals surface area contributed by atoms with E-state index in [0.717, 1.165) is 6.42 Å². The molecule has 0 aromatic heterocycles. The van der Waals surface area contributed by atoms with Crippen molar-refractivity contribution in [2.45, 2.75) is 32.8 Å². The number of nitrogens with zero attached hydrogens (tertiary/aromatic N) is 1. The predicted octanol–water partition coefficient (Wildman–Crippen LogP) is 0.918. The van der Waals surface area contributed by atoms with Gasteiger partial charge in [0.25, 0.3) is 0 Å². The smallest absolute Gasteiger partial charge is 0.317 e. The fourth-order valence-electron chi connectivity index (χ4n) is 1.88. The number of nitrogens with one attached hydrogen (secondary N) is 1. The third-order valence-corrected chi connectivity index (χ3v) is 3.22. The number of hydrogen-bond acceptors (Lipinski definition) is 3. The van der Waals surface area contributed by atoms with Crippen LogP contribution in [-0.4, -0.2) is 54.4 Å². The van der Waals surface area contributed by atoms with Gasteiger partial charge in [-0.2, -0.15) is 0 Å². The van der Waals surface area contributed by atoms with Crippen LogP contribution in [0.2, 0.25) is 0 Å². The number of aliphatic carboxylic acids is 1. The molecule has 6 heteroatoms. The van der Waals surface area contributed by atoms with Gasteiger partial charge in [0.15, 0.2) is 0 Å². The lowest BCUT2D eigenvalue weighted by Crippen LogP contribution is -2.50. The maximum atomic E-state index is 11.9. The molecule has 18 heavy (non-hydrogen) atoms. The molecule has 6 nitrogen and oxygen atoms in total. The quantitative estimate of drug-likeness (QED) is 0.768. The minimum atomic E-state index is -0.869. The first-order valence-electron chi connectivity index (χ1n) is 6.45. The number of carboxylic acids is 1. The van der Waals surface area contributed by atoms with E-state index in [0.29, 0.717) is 26.1 Å². The van der Waals surface area contributed by atoms with Gasteiger partial charge < -0.3 is 20.1 Å². The van der Waals surface area contributed by atoms with E-state index in [2.05, 4.69) is 5.32 Å². The first-order valence-corrected chi connectivity index (χ1v) is 6.45. The van der Waals surface area contributed by atoms with E-state index in [1.54, 1.807) is 11.8 Å². The Morgan fingerprint density at radius 1 is 1.50 bits per heavy atom. The Labute approximate surface area is 107 Å². The van der Waals surface area contributed by atoms with Crippen LogP contribution in [0.1, 0.15) is 26.7 Å². The number of carbonyl (C=O) groups excluding carboxylic acids is 1. The van der Waals surface area contributed by atoms with Gasteiger partial charge in [0.1, 0.15) is 0 Å². The van der Waals surface area contributed by atoms with Gasteiger partial charge in [-0.25, -0.2) is 4.79 Å². The summed E-state index contributed by atoms with van der Waals surface area (Å²) >= 11 is 0. The van der Waals surface area contributed by atoms with Crippen LogP contribution < -0.4 is 5.32 Å². The molecule has 1 fully saturated rings. The molecule has 0 aliphatic carbocycles. The van der Waals surface area contributed by atoms with Crippen molar-refractivity contribution in [2.24, 2.45) is 5.92 Å². The van der Waals surface area contributed by atoms with E-state index in [-0.39, 0.29) is 18.7 Å². The first-order chi connectivity index (χ1) is 8.58. The normalized spacial score (nSPS) is 21.4. The predicted molar refractivity (Wildman–Crippen MR) is 66.4 cm³/mol. The number of carboxylic acid groups (broad SMARTS) is 1. The fourth-order valence-corrected chi connectivity index (χ4v) is 1.88. The van der Waals surface area contributed by atoms with Gasteiger partial charge in [0.2, 0.25) is 0 Å². The Morgan fingerprint density at radius 3 is 2.78 bits per heavy atom. The van der Waals surface area contributed by atoms with Gasteiger partial charge in [-0.05, 0) is 12.8 Å². The molecule has 0 radical (unpaired) electrons. The molecule has 2 atom stereocenters. The van der Waals surface area contributed by atoms with Crippen molar-refractivity contribution >= 4 is 12.0 Å². The van der Waals surface area contributed by atoms with E-state index in [1.807, 2.05) is 6.92 Å². The van der Waals surface area contributed by atoms with Gasteiger partial charge in [0.05, 0.1) is 18.6 Å². The number of ether oxygens (including phenoxy) is 1. The average Bonchev–Trinajstić information content (AvgIpc) is 2.38.